The molecule has 0 saturated carbocycles. The molecule has 1 aliphatic rings. The molecule has 0 aliphatic heterocycles. The van der Waals surface area contributed by atoms with Crippen molar-refractivity contribution in [1.82, 2.24) is 4.98 Å². The van der Waals surface area contributed by atoms with E-state index >= 15 is 0 Å². The quantitative estimate of drug-likeness (QED) is 0.522. The zero-order valence-corrected chi connectivity index (χ0v) is 15.2. The molecule has 4 rings (SSSR count). The molecule has 2 aromatic carbocycles. The van der Waals surface area contributed by atoms with Crippen LogP contribution in [-0.4, -0.2) is 23.1 Å². The van der Waals surface area contributed by atoms with Crippen LogP contribution in [0.25, 0.3) is 0 Å². The number of ketones is 2. The standard InChI is InChI=1S/C22H16N2O2S/c25-21-17-5-1-2-6-18(17)22(26)19(21)12-14-23-15-8-10-16(11-9-15)27-20-7-3-4-13-24-20/h1-13,23H,14H2. The van der Waals surface area contributed by atoms with E-state index in [4.69, 9.17) is 0 Å². The molecule has 0 radical (unpaired) electrons. The van der Waals surface area contributed by atoms with Gasteiger partial charge in [0.25, 0.3) is 0 Å². The van der Waals surface area contributed by atoms with Gasteiger partial charge in [0, 0.05) is 34.5 Å². The van der Waals surface area contributed by atoms with Crippen LogP contribution in [0.4, 0.5) is 5.69 Å². The van der Waals surface area contributed by atoms with Gasteiger partial charge in [0.05, 0.1) is 5.57 Å². The Morgan fingerprint density at radius 2 is 1.52 bits per heavy atom. The van der Waals surface area contributed by atoms with Gasteiger partial charge in [0.1, 0.15) is 5.03 Å². The Morgan fingerprint density at radius 3 is 2.15 bits per heavy atom. The Balaban J connectivity index is 1.39. The Hall–Kier alpha value is -3.18. The van der Waals surface area contributed by atoms with Crippen LogP contribution >= 0.6 is 11.8 Å². The highest BCUT2D eigenvalue weighted by atomic mass is 32.2. The number of rotatable bonds is 5. The summed E-state index contributed by atoms with van der Waals surface area (Å²) in [5.41, 5.74) is 2.15. The minimum Gasteiger partial charge on any atom is -0.382 e. The van der Waals surface area contributed by atoms with Gasteiger partial charge in [-0.05, 0) is 36.4 Å². The lowest BCUT2D eigenvalue weighted by Gasteiger charge is -2.05. The number of carbonyl (C=O) groups is 2. The van der Waals surface area contributed by atoms with E-state index in [1.54, 1.807) is 48.3 Å². The Bertz CT molecular complexity index is 991. The maximum atomic E-state index is 12.3. The predicted molar refractivity (Wildman–Crippen MR) is 106 cm³/mol. The lowest BCUT2D eigenvalue weighted by atomic mass is 10.1. The molecule has 1 aliphatic carbocycles. The van der Waals surface area contributed by atoms with E-state index in [9.17, 15) is 9.59 Å². The molecular formula is C22H16N2O2S. The molecule has 1 aromatic heterocycles. The monoisotopic (exact) mass is 372 g/mol. The van der Waals surface area contributed by atoms with Crippen molar-refractivity contribution in [1.29, 1.82) is 0 Å². The SMILES string of the molecule is O=C1C(=CCNc2ccc(Sc3ccccn3)cc2)C(=O)c2ccccc21. The number of carbonyl (C=O) groups excluding carboxylic acids is 2. The van der Waals surface area contributed by atoms with Crippen molar-refractivity contribution in [3.8, 4) is 0 Å². The first-order valence-electron chi connectivity index (χ1n) is 8.54. The van der Waals surface area contributed by atoms with Crippen molar-refractivity contribution < 1.29 is 9.59 Å². The molecule has 4 nitrogen and oxygen atoms in total. The van der Waals surface area contributed by atoms with Crippen LogP contribution in [0.15, 0.2) is 94.5 Å². The second-order valence-corrected chi connectivity index (χ2v) is 7.09. The van der Waals surface area contributed by atoms with Gasteiger partial charge in [0.15, 0.2) is 11.6 Å². The third-order valence-corrected chi connectivity index (χ3v) is 5.19. The van der Waals surface area contributed by atoms with Crippen LogP contribution < -0.4 is 5.32 Å². The molecule has 0 atom stereocenters. The molecule has 132 valence electrons. The van der Waals surface area contributed by atoms with E-state index in [1.165, 1.54) is 0 Å². The molecule has 1 N–H and O–H groups in total. The molecule has 5 heteroatoms. The van der Waals surface area contributed by atoms with Crippen molar-refractivity contribution in [3.05, 3.63) is 95.7 Å². The summed E-state index contributed by atoms with van der Waals surface area (Å²) in [6, 6.07) is 20.7. The number of hydrogen-bond donors (Lipinski definition) is 1. The van der Waals surface area contributed by atoms with Gasteiger partial charge in [-0.15, -0.1) is 0 Å². The lowest BCUT2D eigenvalue weighted by Crippen LogP contribution is -2.05. The highest BCUT2D eigenvalue weighted by Crippen LogP contribution is 2.27. The number of pyridine rings is 1. The second-order valence-electron chi connectivity index (χ2n) is 6.00. The average Bonchev–Trinajstić information content (AvgIpc) is 2.95. The molecule has 0 unspecified atom stereocenters. The summed E-state index contributed by atoms with van der Waals surface area (Å²) < 4.78 is 0. The zero-order chi connectivity index (χ0) is 18.6. The number of allylic oxidation sites excluding steroid dienone is 1. The summed E-state index contributed by atoms with van der Waals surface area (Å²) in [5.74, 6) is -0.390. The first-order valence-corrected chi connectivity index (χ1v) is 9.35. The van der Waals surface area contributed by atoms with Crippen LogP contribution in [0.1, 0.15) is 20.7 Å². The summed E-state index contributed by atoms with van der Waals surface area (Å²) >= 11 is 1.59. The minimum atomic E-state index is -0.195. The van der Waals surface area contributed by atoms with E-state index in [2.05, 4.69) is 10.3 Å². The molecule has 1 heterocycles. The second kappa shape index (κ2) is 7.60. The van der Waals surface area contributed by atoms with Gasteiger partial charge in [0.2, 0.25) is 0 Å². The lowest BCUT2D eigenvalue weighted by molar-refractivity contribution is 0.0988. The van der Waals surface area contributed by atoms with Crippen molar-refractivity contribution in [2.45, 2.75) is 9.92 Å². The van der Waals surface area contributed by atoms with Crippen LogP contribution in [-0.2, 0) is 0 Å². The van der Waals surface area contributed by atoms with Gasteiger partial charge in [-0.1, -0.05) is 48.2 Å². The number of Topliss-reactive ketones (excluding diaryl/α,β-unsaturated/α-hetero) is 2. The molecule has 0 fully saturated rings. The smallest absolute Gasteiger partial charge is 0.197 e. The van der Waals surface area contributed by atoms with E-state index < -0.39 is 0 Å². The first-order chi connectivity index (χ1) is 13.2. The number of fused-ring (bicyclic) bond motifs is 1. The molecule has 0 saturated heterocycles. The number of anilines is 1. The fourth-order valence-corrected chi connectivity index (χ4v) is 3.67. The molecular weight excluding hydrogens is 356 g/mol. The van der Waals surface area contributed by atoms with Crippen molar-refractivity contribution in [3.63, 3.8) is 0 Å². The molecule has 0 spiro atoms. The van der Waals surface area contributed by atoms with E-state index in [0.29, 0.717) is 17.7 Å². The summed E-state index contributed by atoms with van der Waals surface area (Å²) in [7, 11) is 0. The fraction of sp³-hybridized carbons (Fsp3) is 0.0455. The number of hydrogen-bond acceptors (Lipinski definition) is 5. The number of nitrogens with zero attached hydrogens (tertiary/aromatic N) is 1. The minimum absolute atomic E-state index is 0.195. The van der Waals surface area contributed by atoms with Crippen LogP contribution in [0, 0.1) is 0 Å². The number of nitrogens with one attached hydrogen (secondary N) is 1. The first kappa shape index (κ1) is 17.2. The Kier molecular flexibility index (Phi) is 4.85. The summed E-state index contributed by atoms with van der Waals surface area (Å²) in [4.78, 5) is 30.1. The van der Waals surface area contributed by atoms with E-state index in [1.807, 2.05) is 42.5 Å². The Labute approximate surface area is 161 Å². The maximum absolute atomic E-state index is 12.3. The normalized spacial score (nSPS) is 12.8. The van der Waals surface area contributed by atoms with Gasteiger partial charge < -0.3 is 5.32 Å². The predicted octanol–water partition coefficient (Wildman–Crippen LogP) is 4.65. The van der Waals surface area contributed by atoms with Crippen LogP contribution in [0.3, 0.4) is 0 Å². The Morgan fingerprint density at radius 1 is 0.852 bits per heavy atom. The number of benzene rings is 2. The van der Waals surface area contributed by atoms with Crippen molar-refractivity contribution >= 4 is 29.0 Å². The third-order valence-electron chi connectivity index (χ3n) is 4.23. The van der Waals surface area contributed by atoms with Crippen LogP contribution in [0.5, 0.6) is 0 Å². The zero-order valence-electron chi connectivity index (χ0n) is 14.4. The van der Waals surface area contributed by atoms with Gasteiger partial charge in [-0.3, -0.25) is 9.59 Å². The average molecular weight is 372 g/mol. The van der Waals surface area contributed by atoms with E-state index in [-0.39, 0.29) is 17.1 Å². The largest absolute Gasteiger partial charge is 0.382 e. The molecule has 0 bridgehead atoms. The number of aromatic nitrogens is 1. The third kappa shape index (κ3) is 3.68. The van der Waals surface area contributed by atoms with Gasteiger partial charge in [-0.25, -0.2) is 4.98 Å². The van der Waals surface area contributed by atoms with E-state index in [0.717, 1.165) is 15.6 Å². The fourth-order valence-electron chi connectivity index (χ4n) is 2.90. The summed E-state index contributed by atoms with van der Waals surface area (Å²) in [5, 5.41) is 4.17. The summed E-state index contributed by atoms with van der Waals surface area (Å²) in [6.07, 6.45) is 3.44. The van der Waals surface area contributed by atoms with Crippen molar-refractivity contribution in [2.24, 2.45) is 0 Å². The van der Waals surface area contributed by atoms with Gasteiger partial charge in [-0.2, -0.15) is 0 Å². The molecule has 3 aromatic rings. The molecule has 27 heavy (non-hydrogen) atoms. The highest BCUT2D eigenvalue weighted by molar-refractivity contribution is 7.99. The highest BCUT2D eigenvalue weighted by Gasteiger charge is 2.32. The van der Waals surface area contributed by atoms with Crippen LogP contribution in [0.2, 0.25) is 0 Å². The van der Waals surface area contributed by atoms with Gasteiger partial charge >= 0.3 is 0 Å². The summed E-state index contributed by atoms with van der Waals surface area (Å²) in [6.45, 7) is 0.410. The van der Waals surface area contributed by atoms with Crippen molar-refractivity contribution in [2.75, 3.05) is 11.9 Å². The molecule has 0 amide bonds. The maximum Gasteiger partial charge on any atom is 0.197 e. The topological polar surface area (TPSA) is 59.1 Å².